The maximum atomic E-state index is 6.66. The summed E-state index contributed by atoms with van der Waals surface area (Å²) in [4.78, 5) is 18.0. The van der Waals surface area contributed by atoms with Gasteiger partial charge in [-0.05, 0) is 6.07 Å². The summed E-state index contributed by atoms with van der Waals surface area (Å²) < 4.78 is 27.3. The molecular formula is C28H25ClN8O4S2. The third-order valence-corrected chi connectivity index (χ3v) is 9.21. The number of methoxy groups -OCH3 is 1. The number of ether oxygens (including phenoxy) is 4. The highest BCUT2D eigenvalue weighted by Gasteiger charge is 2.52. The van der Waals surface area contributed by atoms with Gasteiger partial charge in [0.15, 0.2) is 11.4 Å². The Kier molecular flexibility index (Phi) is 8.05. The van der Waals surface area contributed by atoms with E-state index in [2.05, 4.69) is 30.2 Å². The van der Waals surface area contributed by atoms with Gasteiger partial charge in [0, 0.05) is 47.1 Å². The number of pyridine rings is 1. The summed E-state index contributed by atoms with van der Waals surface area (Å²) in [7, 11) is 1.64. The molecule has 6 heterocycles. The number of anilines is 1. The van der Waals surface area contributed by atoms with E-state index in [1.165, 1.54) is 29.4 Å². The number of thioether (sulfide) groups is 1. The third-order valence-electron chi connectivity index (χ3n) is 7.15. The second-order valence-corrected chi connectivity index (χ2v) is 12.3. The summed E-state index contributed by atoms with van der Waals surface area (Å²) in [6.45, 7) is 0.297. The number of hydrogen-bond donors (Lipinski definition) is 1. The number of nitrogens with two attached hydrogens (primary N) is 1. The molecule has 3 unspecified atom stereocenters. The van der Waals surface area contributed by atoms with E-state index >= 15 is 0 Å². The maximum absolute atomic E-state index is 6.66. The molecule has 0 radical (unpaired) electrons. The number of rotatable bonds is 7. The van der Waals surface area contributed by atoms with Crippen molar-refractivity contribution in [3.8, 4) is 22.6 Å². The van der Waals surface area contributed by atoms with E-state index in [1.54, 1.807) is 30.4 Å². The van der Waals surface area contributed by atoms with Crippen LogP contribution in [0.2, 0.25) is 5.02 Å². The Balaban J connectivity index is 1.26. The van der Waals surface area contributed by atoms with E-state index in [0.29, 0.717) is 33.8 Å². The first-order valence-corrected chi connectivity index (χ1v) is 15.4. The molecule has 0 amide bonds. The van der Waals surface area contributed by atoms with Crippen molar-refractivity contribution in [1.82, 2.24) is 34.9 Å². The van der Waals surface area contributed by atoms with Gasteiger partial charge in [-0.1, -0.05) is 58.9 Å². The standard InChI is InChI=1S/C28H25ClN8O4S2/c1-38-25-23(37-11-18(35-36-37)19-13-42-28(30)34-19)24-20(12-39-26(41-24)15-5-3-2-4-6-15)40-27(25)43-21-7-17(29)10-33-22(21)16-8-31-14-32-9-16/h2-11,13-14,20,23-27H,12H2,1H3,(H2,30,34)/t20?,23-,24-,25?,26?,27+/m0/s1. The summed E-state index contributed by atoms with van der Waals surface area (Å²) in [5, 5.41) is 11.7. The van der Waals surface area contributed by atoms with Crippen LogP contribution in [-0.2, 0) is 18.9 Å². The molecule has 0 spiro atoms. The minimum Gasteiger partial charge on any atom is -0.375 e. The Bertz CT molecular complexity index is 1690. The van der Waals surface area contributed by atoms with Crippen LogP contribution in [0.3, 0.4) is 0 Å². The lowest BCUT2D eigenvalue weighted by atomic mass is 9.95. The van der Waals surface area contributed by atoms with Crippen molar-refractivity contribution in [1.29, 1.82) is 0 Å². The van der Waals surface area contributed by atoms with Crippen LogP contribution in [0, 0.1) is 0 Å². The van der Waals surface area contributed by atoms with Gasteiger partial charge in [0.05, 0.1) is 23.5 Å². The van der Waals surface area contributed by atoms with E-state index < -0.39 is 36.1 Å². The number of fused-ring (bicyclic) bond motifs is 1. The lowest BCUT2D eigenvalue weighted by molar-refractivity contribution is -0.308. The molecule has 2 aliphatic heterocycles. The Morgan fingerprint density at radius 3 is 2.72 bits per heavy atom. The summed E-state index contributed by atoms with van der Waals surface area (Å²) in [5.41, 5.74) is 8.92. The number of hydrogen-bond acceptors (Lipinski definition) is 13. The van der Waals surface area contributed by atoms with Crippen LogP contribution < -0.4 is 5.73 Å². The molecule has 2 aliphatic rings. The maximum Gasteiger partial charge on any atom is 0.184 e. The Morgan fingerprint density at radius 1 is 1.12 bits per heavy atom. The zero-order valence-corrected chi connectivity index (χ0v) is 25.0. The van der Waals surface area contributed by atoms with Gasteiger partial charge in [0.1, 0.15) is 47.5 Å². The van der Waals surface area contributed by atoms with E-state index in [1.807, 2.05) is 48.0 Å². The van der Waals surface area contributed by atoms with Crippen LogP contribution in [0.4, 0.5) is 5.13 Å². The quantitative estimate of drug-likeness (QED) is 0.265. The van der Waals surface area contributed by atoms with Crippen LogP contribution in [0.5, 0.6) is 0 Å². The molecule has 6 atom stereocenters. The number of benzene rings is 1. The average Bonchev–Trinajstić information content (AvgIpc) is 3.70. The monoisotopic (exact) mass is 636 g/mol. The van der Waals surface area contributed by atoms with Gasteiger partial charge in [0.2, 0.25) is 0 Å². The Hall–Kier alpha value is -3.50. The number of thiazole rings is 1. The molecule has 220 valence electrons. The highest BCUT2D eigenvalue weighted by atomic mass is 35.5. The van der Waals surface area contributed by atoms with Gasteiger partial charge >= 0.3 is 0 Å². The van der Waals surface area contributed by atoms with Crippen LogP contribution in [0.15, 0.2) is 77.8 Å². The molecule has 4 aromatic heterocycles. The first-order chi connectivity index (χ1) is 21.1. The zero-order valence-electron chi connectivity index (χ0n) is 22.6. The Morgan fingerprint density at radius 2 is 1.95 bits per heavy atom. The van der Waals surface area contributed by atoms with Crippen molar-refractivity contribution in [2.45, 2.75) is 41.0 Å². The average molecular weight is 637 g/mol. The number of aromatic nitrogens is 7. The number of nitrogens with zero attached hydrogens (tertiary/aromatic N) is 7. The van der Waals surface area contributed by atoms with E-state index in [-0.39, 0.29) is 0 Å². The second-order valence-electron chi connectivity index (χ2n) is 9.81. The molecule has 2 fully saturated rings. The smallest absolute Gasteiger partial charge is 0.184 e. The van der Waals surface area contributed by atoms with Gasteiger partial charge < -0.3 is 24.7 Å². The highest BCUT2D eigenvalue weighted by Crippen LogP contribution is 2.46. The third kappa shape index (κ3) is 5.74. The molecule has 43 heavy (non-hydrogen) atoms. The van der Waals surface area contributed by atoms with E-state index in [4.69, 9.17) is 36.3 Å². The van der Waals surface area contributed by atoms with Crippen molar-refractivity contribution < 1.29 is 18.9 Å². The molecule has 0 saturated carbocycles. The van der Waals surface area contributed by atoms with Crippen LogP contribution in [0.25, 0.3) is 22.6 Å². The summed E-state index contributed by atoms with van der Waals surface area (Å²) >= 11 is 9.19. The normalized spacial score (nSPS) is 25.3. The fourth-order valence-corrected chi connectivity index (χ4v) is 7.32. The van der Waals surface area contributed by atoms with Crippen molar-refractivity contribution in [3.63, 3.8) is 0 Å². The van der Waals surface area contributed by atoms with Crippen molar-refractivity contribution in [3.05, 3.63) is 83.5 Å². The van der Waals surface area contributed by atoms with Gasteiger partial charge in [-0.25, -0.2) is 19.6 Å². The van der Waals surface area contributed by atoms with Crippen LogP contribution in [0.1, 0.15) is 17.9 Å². The summed E-state index contributed by atoms with van der Waals surface area (Å²) in [6, 6.07) is 11.2. The van der Waals surface area contributed by atoms with Crippen molar-refractivity contribution >= 4 is 39.8 Å². The van der Waals surface area contributed by atoms with Gasteiger partial charge in [-0.3, -0.25) is 4.98 Å². The Labute approximate surface area is 259 Å². The molecule has 1 aromatic carbocycles. The first kappa shape index (κ1) is 28.3. The lowest BCUT2D eigenvalue weighted by Gasteiger charge is -2.48. The molecule has 5 aromatic rings. The molecular weight excluding hydrogens is 612 g/mol. The second kappa shape index (κ2) is 12.2. The number of halogens is 1. The zero-order chi connectivity index (χ0) is 29.3. The fourth-order valence-electron chi connectivity index (χ4n) is 5.21. The van der Waals surface area contributed by atoms with Gasteiger partial charge in [-0.2, -0.15) is 0 Å². The predicted octanol–water partition coefficient (Wildman–Crippen LogP) is 4.68. The number of nitrogen functional groups attached to an aromatic ring is 1. The molecule has 7 rings (SSSR count). The molecule has 0 bridgehead atoms. The van der Waals surface area contributed by atoms with E-state index in [0.717, 1.165) is 16.0 Å². The highest BCUT2D eigenvalue weighted by molar-refractivity contribution is 8.00. The lowest BCUT2D eigenvalue weighted by Crippen LogP contribution is -2.59. The van der Waals surface area contributed by atoms with Crippen molar-refractivity contribution in [2.24, 2.45) is 0 Å². The van der Waals surface area contributed by atoms with Crippen LogP contribution >= 0.6 is 34.7 Å². The largest absolute Gasteiger partial charge is 0.375 e. The predicted molar refractivity (Wildman–Crippen MR) is 160 cm³/mol. The SMILES string of the molecule is COC1[C@@H](Sc2cc(Cl)cnc2-c2cncnc2)OC2COC(c3ccccc3)O[C@@H]2[C@@H]1n1cc(-c2csc(N)n2)nn1. The summed E-state index contributed by atoms with van der Waals surface area (Å²) in [5.74, 6) is 0. The van der Waals surface area contributed by atoms with Crippen LogP contribution in [-0.4, -0.2) is 72.4 Å². The van der Waals surface area contributed by atoms with Gasteiger partial charge in [-0.15, -0.1) is 16.4 Å². The molecule has 2 saturated heterocycles. The summed E-state index contributed by atoms with van der Waals surface area (Å²) in [6.07, 6.45) is 6.28. The minimum atomic E-state index is -0.585. The fraction of sp³-hybridized carbons (Fsp3) is 0.286. The molecule has 0 aliphatic carbocycles. The minimum absolute atomic E-state index is 0.297. The van der Waals surface area contributed by atoms with E-state index in [9.17, 15) is 0 Å². The first-order valence-electron chi connectivity index (χ1n) is 13.3. The molecule has 2 N–H and O–H groups in total. The topological polar surface area (TPSA) is 145 Å². The molecule has 12 nitrogen and oxygen atoms in total. The van der Waals surface area contributed by atoms with Gasteiger partial charge in [0.25, 0.3) is 0 Å². The van der Waals surface area contributed by atoms with Crippen molar-refractivity contribution in [2.75, 3.05) is 19.5 Å². The molecule has 15 heteroatoms.